The smallest absolute Gasteiger partial charge is 0.120 e. The lowest BCUT2D eigenvalue weighted by Crippen LogP contribution is -2.38. The molecule has 2 heterocycles. The average Bonchev–Trinajstić information content (AvgIpc) is 2.84. The molecule has 33 heavy (non-hydrogen) atoms. The molecule has 4 rings (SSSR count). The van der Waals surface area contributed by atoms with E-state index in [2.05, 4.69) is 52.0 Å². The number of aromatic nitrogens is 1. The van der Waals surface area contributed by atoms with Crippen molar-refractivity contribution in [3.63, 3.8) is 0 Å². The molecule has 1 saturated heterocycles. The summed E-state index contributed by atoms with van der Waals surface area (Å²) in [5.74, 6) is 1.73. The van der Waals surface area contributed by atoms with E-state index in [-0.39, 0.29) is 0 Å². The molecule has 5 nitrogen and oxygen atoms in total. The van der Waals surface area contributed by atoms with E-state index >= 15 is 0 Å². The molecule has 1 aromatic heterocycles. The van der Waals surface area contributed by atoms with Crippen LogP contribution in [0.25, 0.3) is 0 Å². The van der Waals surface area contributed by atoms with E-state index in [9.17, 15) is 5.11 Å². The highest BCUT2D eigenvalue weighted by Crippen LogP contribution is 2.27. The van der Waals surface area contributed by atoms with Gasteiger partial charge in [-0.15, -0.1) is 0 Å². The van der Waals surface area contributed by atoms with Crippen LogP contribution in [-0.4, -0.2) is 46.6 Å². The van der Waals surface area contributed by atoms with Crippen molar-refractivity contribution in [3.8, 4) is 11.5 Å². The minimum Gasteiger partial charge on any atom is -0.508 e. The molecule has 0 spiro atoms. The highest BCUT2D eigenvalue weighted by Gasteiger charge is 2.23. The summed E-state index contributed by atoms with van der Waals surface area (Å²) in [4.78, 5) is 9.31. The minimum absolute atomic E-state index is 0.319. The Labute approximate surface area is 197 Å². The number of pyridine rings is 1. The maximum Gasteiger partial charge on any atom is 0.120 e. The van der Waals surface area contributed by atoms with Crippen LogP contribution in [0.15, 0.2) is 67.0 Å². The van der Waals surface area contributed by atoms with Gasteiger partial charge >= 0.3 is 0 Å². The molecule has 1 aliphatic rings. The fourth-order valence-corrected chi connectivity index (χ4v) is 4.71. The summed E-state index contributed by atoms with van der Waals surface area (Å²) in [7, 11) is 1.66. The fraction of sp³-hybridized carbons (Fsp3) is 0.393. The molecule has 0 unspecified atom stereocenters. The number of benzene rings is 2. The fourth-order valence-electron chi connectivity index (χ4n) is 4.71. The number of aryl methyl sites for hydroxylation is 1. The number of hydrogen-bond donors (Lipinski definition) is 1. The summed E-state index contributed by atoms with van der Waals surface area (Å²) in [6, 6.07) is 18.3. The first-order valence-electron chi connectivity index (χ1n) is 11.8. The van der Waals surface area contributed by atoms with Crippen molar-refractivity contribution >= 4 is 0 Å². The number of methoxy groups -OCH3 is 1. The van der Waals surface area contributed by atoms with Gasteiger partial charge in [-0.25, -0.2) is 0 Å². The van der Waals surface area contributed by atoms with Crippen molar-refractivity contribution in [2.24, 2.45) is 5.92 Å². The quantitative estimate of drug-likeness (QED) is 0.501. The van der Waals surface area contributed by atoms with Crippen LogP contribution in [-0.2, 0) is 19.6 Å². The van der Waals surface area contributed by atoms with Crippen molar-refractivity contribution in [2.45, 2.75) is 39.4 Å². The highest BCUT2D eigenvalue weighted by molar-refractivity contribution is 5.39. The van der Waals surface area contributed by atoms with Crippen LogP contribution >= 0.6 is 0 Å². The topological polar surface area (TPSA) is 48.8 Å². The Kier molecular flexibility index (Phi) is 7.97. The van der Waals surface area contributed by atoms with E-state index in [1.54, 1.807) is 19.2 Å². The number of ether oxygens (including phenoxy) is 1. The Bertz CT molecular complexity index is 1020. The summed E-state index contributed by atoms with van der Waals surface area (Å²) in [5, 5.41) is 10.4. The van der Waals surface area contributed by atoms with Crippen LogP contribution in [0.5, 0.6) is 11.5 Å². The molecule has 2 aromatic carbocycles. The van der Waals surface area contributed by atoms with Crippen LogP contribution in [0.1, 0.15) is 35.1 Å². The molecule has 174 valence electrons. The third-order valence-electron chi connectivity index (χ3n) is 6.69. The van der Waals surface area contributed by atoms with Gasteiger partial charge in [-0.05, 0) is 79.7 Å². The lowest BCUT2D eigenvalue weighted by Gasteiger charge is -2.35. The van der Waals surface area contributed by atoms with E-state index in [1.807, 2.05) is 24.5 Å². The van der Waals surface area contributed by atoms with Gasteiger partial charge in [-0.3, -0.25) is 14.8 Å². The number of piperidine rings is 1. The first kappa shape index (κ1) is 23.3. The van der Waals surface area contributed by atoms with E-state index in [0.717, 1.165) is 44.0 Å². The second kappa shape index (κ2) is 11.3. The minimum atomic E-state index is 0.319. The highest BCUT2D eigenvalue weighted by atomic mass is 16.5. The number of likely N-dealkylation sites (tertiary alicyclic amines) is 1. The molecule has 0 atom stereocenters. The van der Waals surface area contributed by atoms with Gasteiger partial charge in [0.2, 0.25) is 0 Å². The zero-order valence-electron chi connectivity index (χ0n) is 19.8. The number of phenols is 1. The zero-order chi connectivity index (χ0) is 23.0. The summed E-state index contributed by atoms with van der Waals surface area (Å²) in [6.07, 6.45) is 6.13. The van der Waals surface area contributed by atoms with Gasteiger partial charge in [0, 0.05) is 44.1 Å². The van der Waals surface area contributed by atoms with Crippen LogP contribution < -0.4 is 4.74 Å². The molecule has 1 fully saturated rings. The molecule has 5 heteroatoms. The molecule has 0 amide bonds. The number of phenolic OH excluding ortho intramolecular Hbond substituents is 1. The molecule has 3 aromatic rings. The molecular weight excluding hydrogens is 410 g/mol. The molecule has 1 N–H and O–H groups in total. The standard InChI is InChI=1S/C28H35N3O2/c1-22-6-3-4-8-25(22)20-30-14-11-23(12-15-30)18-31(19-24-7-5-13-29-17-24)21-26-16-27(33-2)9-10-28(26)32/h3-10,13,16-17,23,32H,11-12,14-15,18-21H2,1-2H3. The van der Waals surface area contributed by atoms with E-state index < -0.39 is 0 Å². The zero-order valence-corrected chi connectivity index (χ0v) is 19.8. The van der Waals surface area contributed by atoms with Crippen molar-refractivity contribution < 1.29 is 9.84 Å². The summed E-state index contributed by atoms with van der Waals surface area (Å²) < 4.78 is 5.38. The van der Waals surface area contributed by atoms with Gasteiger partial charge in [0.1, 0.15) is 11.5 Å². The van der Waals surface area contributed by atoms with E-state index in [4.69, 9.17) is 4.74 Å². The van der Waals surface area contributed by atoms with Gasteiger partial charge in [-0.2, -0.15) is 0 Å². The van der Waals surface area contributed by atoms with Crippen molar-refractivity contribution in [2.75, 3.05) is 26.7 Å². The third-order valence-corrected chi connectivity index (χ3v) is 6.69. The second-order valence-electron chi connectivity index (χ2n) is 9.17. The number of aromatic hydroxyl groups is 1. The lowest BCUT2D eigenvalue weighted by atomic mass is 9.95. The number of nitrogens with zero attached hydrogens (tertiary/aromatic N) is 3. The molecular formula is C28H35N3O2. The molecule has 0 aliphatic carbocycles. The van der Waals surface area contributed by atoms with Crippen LogP contribution in [0, 0.1) is 12.8 Å². The second-order valence-corrected chi connectivity index (χ2v) is 9.17. The van der Waals surface area contributed by atoms with Crippen LogP contribution in [0.2, 0.25) is 0 Å². The molecule has 0 saturated carbocycles. The Morgan fingerprint density at radius 1 is 1.03 bits per heavy atom. The van der Waals surface area contributed by atoms with Gasteiger partial charge in [-0.1, -0.05) is 30.3 Å². The van der Waals surface area contributed by atoms with Gasteiger partial charge in [0.15, 0.2) is 0 Å². The number of rotatable bonds is 9. The number of hydrogen-bond acceptors (Lipinski definition) is 5. The Hall–Kier alpha value is -2.89. The Morgan fingerprint density at radius 3 is 2.58 bits per heavy atom. The summed E-state index contributed by atoms with van der Waals surface area (Å²) in [5.41, 5.74) is 4.90. The lowest BCUT2D eigenvalue weighted by molar-refractivity contribution is 0.131. The normalized spacial score (nSPS) is 15.1. The average molecular weight is 446 g/mol. The van der Waals surface area contributed by atoms with Gasteiger partial charge in [0.05, 0.1) is 7.11 Å². The van der Waals surface area contributed by atoms with E-state index in [0.29, 0.717) is 18.2 Å². The molecule has 0 bridgehead atoms. The maximum atomic E-state index is 10.4. The third kappa shape index (κ3) is 6.56. The van der Waals surface area contributed by atoms with Crippen molar-refractivity contribution in [3.05, 3.63) is 89.2 Å². The predicted molar refractivity (Wildman–Crippen MR) is 132 cm³/mol. The van der Waals surface area contributed by atoms with Crippen LogP contribution in [0.3, 0.4) is 0 Å². The van der Waals surface area contributed by atoms with Crippen LogP contribution in [0.4, 0.5) is 0 Å². The van der Waals surface area contributed by atoms with Crippen molar-refractivity contribution in [1.29, 1.82) is 0 Å². The van der Waals surface area contributed by atoms with Gasteiger partial charge in [0.25, 0.3) is 0 Å². The Morgan fingerprint density at radius 2 is 1.85 bits per heavy atom. The van der Waals surface area contributed by atoms with Crippen molar-refractivity contribution in [1.82, 2.24) is 14.8 Å². The Balaban J connectivity index is 1.40. The predicted octanol–water partition coefficient (Wildman–Crippen LogP) is 5.02. The first-order valence-corrected chi connectivity index (χ1v) is 11.8. The first-order chi connectivity index (χ1) is 16.1. The van der Waals surface area contributed by atoms with E-state index in [1.165, 1.54) is 29.5 Å². The van der Waals surface area contributed by atoms with Gasteiger partial charge < -0.3 is 9.84 Å². The summed E-state index contributed by atoms with van der Waals surface area (Å²) >= 11 is 0. The molecule has 1 aliphatic heterocycles. The maximum absolute atomic E-state index is 10.4. The molecule has 0 radical (unpaired) electrons. The monoisotopic (exact) mass is 445 g/mol. The summed E-state index contributed by atoms with van der Waals surface area (Å²) in [6.45, 7) is 8.00. The largest absolute Gasteiger partial charge is 0.508 e. The SMILES string of the molecule is COc1ccc(O)c(CN(Cc2cccnc2)CC2CCN(Cc3ccccc3C)CC2)c1.